The average Bonchev–Trinajstić information content (AvgIpc) is 2.51. The van der Waals surface area contributed by atoms with Gasteiger partial charge in [-0.1, -0.05) is 13.8 Å². The van der Waals surface area contributed by atoms with E-state index in [0.29, 0.717) is 18.5 Å². The van der Waals surface area contributed by atoms with Crippen LogP contribution < -0.4 is 21.7 Å². The molecule has 0 unspecified atom stereocenters. The number of halogens is 1. The molecule has 0 fully saturated rings. The van der Waals surface area contributed by atoms with Gasteiger partial charge in [0, 0.05) is 17.8 Å². The van der Waals surface area contributed by atoms with Crippen molar-refractivity contribution in [2.24, 2.45) is 11.7 Å². The van der Waals surface area contributed by atoms with Crippen molar-refractivity contribution < 1.29 is 14.4 Å². The van der Waals surface area contributed by atoms with Crippen molar-refractivity contribution in [3.63, 3.8) is 0 Å². The standard InChI is InChI=1S/C16H22N4O3.ClH/c1-9(2)15(17)16(23)18-8-14(22)19-11-4-5-12-10(7-11)3-6-13(21)20-12;/h4-5,7,9,15H,3,6,8,17H2,1-2H3,(H,18,23)(H,19,22)(H,20,21);1H/t15-;/m0./s1. The predicted octanol–water partition coefficient (Wildman–Crippen LogP) is 1.03. The third-order valence-electron chi connectivity index (χ3n) is 3.73. The van der Waals surface area contributed by atoms with E-state index in [0.717, 1.165) is 11.3 Å². The van der Waals surface area contributed by atoms with Crippen molar-refractivity contribution in [2.45, 2.75) is 32.7 Å². The molecule has 1 heterocycles. The second-order valence-electron chi connectivity index (χ2n) is 5.96. The molecule has 5 N–H and O–H groups in total. The number of nitrogens with one attached hydrogen (secondary N) is 3. The molecule has 0 aromatic heterocycles. The highest BCUT2D eigenvalue weighted by molar-refractivity contribution is 5.97. The monoisotopic (exact) mass is 354 g/mol. The zero-order chi connectivity index (χ0) is 17.0. The Balaban J connectivity index is 0.00000288. The normalized spacial score (nSPS) is 14.1. The molecular formula is C16H23ClN4O3. The number of nitrogens with two attached hydrogens (primary N) is 1. The predicted molar refractivity (Wildman–Crippen MR) is 95.1 cm³/mol. The van der Waals surface area contributed by atoms with Gasteiger partial charge in [-0.2, -0.15) is 0 Å². The molecule has 1 atom stereocenters. The molecule has 1 aliphatic heterocycles. The van der Waals surface area contributed by atoms with Crippen molar-refractivity contribution >= 4 is 41.5 Å². The summed E-state index contributed by atoms with van der Waals surface area (Å²) in [5.41, 5.74) is 8.09. The summed E-state index contributed by atoms with van der Waals surface area (Å²) in [6, 6.07) is 4.67. The summed E-state index contributed by atoms with van der Waals surface area (Å²) in [5, 5.41) is 8.02. The van der Waals surface area contributed by atoms with Gasteiger partial charge < -0.3 is 21.7 Å². The number of aryl methyl sites for hydroxylation is 1. The molecule has 0 bridgehead atoms. The Bertz CT molecular complexity index is 634. The number of fused-ring (bicyclic) bond motifs is 1. The van der Waals surface area contributed by atoms with E-state index in [1.807, 2.05) is 19.9 Å². The third kappa shape index (κ3) is 5.21. The molecule has 0 spiro atoms. The Morgan fingerprint density at radius 1 is 1.29 bits per heavy atom. The van der Waals surface area contributed by atoms with Gasteiger partial charge in [0.1, 0.15) is 0 Å². The van der Waals surface area contributed by atoms with Gasteiger partial charge in [-0.15, -0.1) is 12.4 Å². The molecule has 2 rings (SSSR count). The highest BCUT2D eigenvalue weighted by Crippen LogP contribution is 2.25. The zero-order valence-corrected chi connectivity index (χ0v) is 14.5. The van der Waals surface area contributed by atoms with E-state index in [9.17, 15) is 14.4 Å². The first-order valence-corrected chi connectivity index (χ1v) is 7.62. The van der Waals surface area contributed by atoms with Gasteiger partial charge in [-0.3, -0.25) is 14.4 Å². The maximum Gasteiger partial charge on any atom is 0.243 e. The molecule has 0 aliphatic carbocycles. The molecule has 0 radical (unpaired) electrons. The Morgan fingerprint density at radius 3 is 2.67 bits per heavy atom. The van der Waals surface area contributed by atoms with E-state index in [1.165, 1.54) is 0 Å². The SMILES string of the molecule is CC(C)[C@H](N)C(=O)NCC(=O)Nc1ccc2c(c1)CCC(=O)N2.Cl. The van der Waals surface area contributed by atoms with E-state index in [-0.39, 0.29) is 42.6 Å². The molecule has 24 heavy (non-hydrogen) atoms. The van der Waals surface area contributed by atoms with Gasteiger partial charge >= 0.3 is 0 Å². The van der Waals surface area contributed by atoms with Gasteiger partial charge in [0.25, 0.3) is 0 Å². The van der Waals surface area contributed by atoms with Gasteiger partial charge in [0.2, 0.25) is 17.7 Å². The van der Waals surface area contributed by atoms with Crippen LogP contribution in [0.3, 0.4) is 0 Å². The third-order valence-corrected chi connectivity index (χ3v) is 3.73. The van der Waals surface area contributed by atoms with E-state index >= 15 is 0 Å². The summed E-state index contributed by atoms with van der Waals surface area (Å²) in [4.78, 5) is 34.9. The van der Waals surface area contributed by atoms with Crippen LogP contribution in [0.25, 0.3) is 0 Å². The zero-order valence-electron chi connectivity index (χ0n) is 13.7. The molecule has 7 nitrogen and oxygen atoms in total. The highest BCUT2D eigenvalue weighted by atomic mass is 35.5. The van der Waals surface area contributed by atoms with Crippen LogP contribution in [0.1, 0.15) is 25.8 Å². The summed E-state index contributed by atoms with van der Waals surface area (Å²) < 4.78 is 0. The fraction of sp³-hybridized carbons (Fsp3) is 0.438. The average molecular weight is 355 g/mol. The fourth-order valence-electron chi connectivity index (χ4n) is 2.25. The highest BCUT2D eigenvalue weighted by Gasteiger charge is 2.18. The molecule has 3 amide bonds. The van der Waals surface area contributed by atoms with Crippen LogP contribution in [0.2, 0.25) is 0 Å². The summed E-state index contributed by atoms with van der Waals surface area (Å²) in [7, 11) is 0. The molecule has 1 aliphatic rings. The molecule has 1 aromatic carbocycles. The van der Waals surface area contributed by atoms with Gasteiger partial charge in [0.15, 0.2) is 0 Å². The summed E-state index contributed by atoms with van der Waals surface area (Å²) in [6.45, 7) is 3.56. The van der Waals surface area contributed by atoms with E-state index < -0.39 is 6.04 Å². The number of carbonyl (C=O) groups is 3. The van der Waals surface area contributed by atoms with Gasteiger partial charge in [-0.05, 0) is 36.1 Å². The number of rotatable bonds is 5. The minimum Gasteiger partial charge on any atom is -0.346 e. The number of anilines is 2. The van der Waals surface area contributed by atoms with Crippen molar-refractivity contribution in [1.29, 1.82) is 0 Å². The van der Waals surface area contributed by atoms with Crippen molar-refractivity contribution in [2.75, 3.05) is 17.2 Å². The fourth-order valence-corrected chi connectivity index (χ4v) is 2.25. The largest absolute Gasteiger partial charge is 0.346 e. The van der Waals surface area contributed by atoms with Crippen molar-refractivity contribution in [3.8, 4) is 0 Å². The minimum atomic E-state index is -0.629. The number of hydrogen-bond acceptors (Lipinski definition) is 4. The van der Waals surface area contributed by atoms with Crippen LogP contribution >= 0.6 is 12.4 Å². The maximum atomic E-state index is 11.9. The number of hydrogen-bond donors (Lipinski definition) is 4. The van der Waals surface area contributed by atoms with Crippen LogP contribution in [0, 0.1) is 5.92 Å². The van der Waals surface area contributed by atoms with Crippen LogP contribution in [0.5, 0.6) is 0 Å². The first-order valence-electron chi connectivity index (χ1n) is 7.62. The first-order chi connectivity index (χ1) is 10.9. The van der Waals surface area contributed by atoms with Crippen LogP contribution in [-0.4, -0.2) is 30.3 Å². The summed E-state index contributed by atoms with van der Waals surface area (Å²) >= 11 is 0. The van der Waals surface area contributed by atoms with Crippen molar-refractivity contribution in [1.82, 2.24) is 5.32 Å². The second kappa shape index (κ2) is 8.65. The summed E-state index contributed by atoms with van der Waals surface area (Å²) in [5.74, 6) is -0.662. The Hall–Kier alpha value is -2.12. The van der Waals surface area contributed by atoms with Crippen LogP contribution in [0.15, 0.2) is 18.2 Å². The first kappa shape index (κ1) is 19.9. The summed E-state index contributed by atoms with van der Waals surface area (Å²) in [6.07, 6.45) is 1.08. The minimum absolute atomic E-state index is 0. The van der Waals surface area contributed by atoms with Crippen molar-refractivity contribution in [3.05, 3.63) is 23.8 Å². The lowest BCUT2D eigenvalue weighted by Gasteiger charge is -2.18. The number of amides is 3. The lowest BCUT2D eigenvalue weighted by atomic mass is 10.0. The smallest absolute Gasteiger partial charge is 0.243 e. The second-order valence-corrected chi connectivity index (χ2v) is 5.96. The van der Waals surface area contributed by atoms with E-state index in [2.05, 4.69) is 16.0 Å². The molecular weight excluding hydrogens is 332 g/mol. The van der Waals surface area contributed by atoms with E-state index in [4.69, 9.17) is 5.73 Å². The van der Waals surface area contributed by atoms with E-state index in [1.54, 1.807) is 12.1 Å². The molecule has 0 saturated carbocycles. The van der Waals surface area contributed by atoms with Crippen LogP contribution in [0.4, 0.5) is 11.4 Å². The number of benzene rings is 1. The molecule has 0 saturated heterocycles. The topological polar surface area (TPSA) is 113 Å². The Morgan fingerprint density at radius 2 is 2.00 bits per heavy atom. The number of carbonyl (C=O) groups excluding carboxylic acids is 3. The lowest BCUT2D eigenvalue weighted by molar-refractivity contribution is -0.125. The van der Waals surface area contributed by atoms with Gasteiger partial charge in [0.05, 0.1) is 12.6 Å². The molecule has 8 heteroatoms. The van der Waals surface area contributed by atoms with Crippen LogP contribution in [-0.2, 0) is 20.8 Å². The Kier molecular flexibility index (Phi) is 7.18. The quantitative estimate of drug-likeness (QED) is 0.632. The lowest BCUT2D eigenvalue weighted by Crippen LogP contribution is -2.46. The maximum absolute atomic E-state index is 11.9. The van der Waals surface area contributed by atoms with Gasteiger partial charge in [-0.25, -0.2) is 0 Å². The molecule has 132 valence electrons. The Labute approximate surface area is 147 Å². The molecule has 1 aromatic rings.